The van der Waals surface area contributed by atoms with E-state index in [4.69, 9.17) is 11.6 Å². The lowest BCUT2D eigenvalue weighted by atomic mass is 10.1. The van der Waals surface area contributed by atoms with Crippen molar-refractivity contribution in [3.63, 3.8) is 0 Å². The lowest BCUT2D eigenvalue weighted by molar-refractivity contribution is -0.176. The average molecular weight is 372 g/mol. The molecule has 3 nitrogen and oxygen atoms in total. The smallest absolute Gasteiger partial charge is 0.367 e. The van der Waals surface area contributed by atoms with E-state index in [1.54, 1.807) is 48.5 Å². The largest absolute Gasteiger partial charge is 0.411 e. The van der Waals surface area contributed by atoms with Gasteiger partial charge in [0, 0.05) is 11.6 Å². The fourth-order valence-corrected chi connectivity index (χ4v) is 2.21. The third-order valence-electron chi connectivity index (χ3n) is 3.33. The van der Waals surface area contributed by atoms with Crippen molar-refractivity contribution in [1.82, 2.24) is 5.32 Å². The van der Waals surface area contributed by atoms with Gasteiger partial charge in [0.05, 0.1) is 13.0 Å². The van der Waals surface area contributed by atoms with Crippen LogP contribution >= 0.6 is 11.6 Å². The molecule has 1 amide bonds. The summed E-state index contributed by atoms with van der Waals surface area (Å²) in [6, 6.07) is 13.9. The van der Waals surface area contributed by atoms with Crippen LogP contribution in [0.2, 0.25) is 5.02 Å². The summed E-state index contributed by atoms with van der Waals surface area (Å²) < 4.78 is 40.6. The van der Waals surface area contributed by atoms with Crippen molar-refractivity contribution in [2.24, 2.45) is 0 Å². The maximum absolute atomic E-state index is 12.0. The van der Waals surface area contributed by atoms with Crippen molar-refractivity contribution in [3.8, 4) is 0 Å². The third-order valence-corrected chi connectivity index (χ3v) is 3.58. The first kappa shape index (κ1) is 19.3. The number of ether oxygens (including phenoxy) is 1. The first-order chi connectivity index (χ1) is 11.8. The van der Waals surface area contributed by atoms with Gasteiger partial charge in [0.15, 0.2) is 0 Å². The maximum atomic E-state index is 12.0. The Labute approximate surface area is 148 Å². The maximum Gasteiger partial charge on any atom is 0.411 e. The Kier molecular flexibility index (Phi) is 6.84. The summed E-state index contributed by atoms with van der Waals surface area (Å²) in [5.41, 5.74) is 2.35. The minimum atomic E-state index is -4.33. The Morgan fingerprint density at radius 3 is 2.12 bits per heavy atom. The molecule has 0 unspecified atom stereocenters. The number of hydrogen-bond donors (Lipinski definition) is 1. The molecule has 0 saturated heterocycles. The number of amides is 1. The molecule has 0 radical (unpaired) electrons. The summed E-state index contributed by atoms with van der Waals surface area (Å²) >= 11 is 5.79. The first-order valence-corrected chi connectivity index (χ1v) is 7.93. The van der Waals surface area contributed by atoms with Crippen LogP contribution in [0.25, 0.3) is 0 Å². The monoisotopic (exact) mass is 371 g/mol. The van der Waals surface area contributed by atoms with Crippen molar-refractivity contribution < 1.29 is 22.7 Å². The SMILES string of the molecule is O=C(Cc1ccc(Cl)cc1)NCc1ccc(COCC(F)(F)F)cc1. The minimum Gasteiger partial charge on any atom is -0.367 e. The molecule has 0 aliphatic rings. The van der Waals surface area contributed by atoms with Crippen LogP contribution in [0.4, 0.5) is 13.2 Å². The number of alkyl halides is 3. The zero-order valence-electron chi connectivity index (χ0n) is 13.3. The molecule has 0 aliphatic heterocycles. The summed E-state index contributed by atoms with van der Waals surface area (Å²) in [4.78, 5) is 11.9. The molecule has 0 atom stereocenters. The van der Waals surface area contributed by atoms with Gasteiger partial charge in [-0.25, -0.2) is 0 Å². The van der Waals surface area contributed by atoms with Gasteiger partial charge in [-0.15, -0.1) is 0 Å². The molecule has 0 aliphatic carbocycles. The highest BCUT2D eigenvalue weighted by molar-refractivity contribution is 6.30. The van der Waals surface area contributed by atoms with Gasteiger partial charge in [-0.3, -0.25) is 4.79 Å². The summed E-state index contributed by atoms with van der Waals surface area (Å²) in [7, 11) is 0. The van der Waals surface area contributed by atoms with E-state index in [-0.39, 0.29) is 18.9 Å². The Bertz CT molecular complexity index is 685. The van der Waals surface area contributed by atoms with Crippen LogP contribution in [-0.2, 0) is 29.1 Å². The van der Waals surface area contributed by atoms with E-state index in [1.807, 2.05) is 0 Å². The second-order valence-corrected chi connectivity index (χ2v) is 5.94. The second kappa shape index (κ2) is 8.87. The van der Waals surface area contributed by atoms with Gasteiger partial charge in [-0.2, -0.15) is 13.2 Å². The molecule has 0 fully saturated rings. The van der Waals surface area contributed by atoms with Crippen molar-refractivity contribution in [3.05, 3.63) is 70.2 Å². The van der Waals surface area contributed by atoms with E-state index < -0.39 is 12.8 Å². The Morgan fingerprint density at radius 2 is 1.52 bits per heavy atom. The van der Waals surface area contributed by atoms with Crippen molar-refractivity contribution in [2.45, 2.75) is 25.7 Å². The van der Waals surface area contributed by atoms with Crippen LogP contribution in [0.3, 0.4) is 0 Å². The summed E-state index contributed by atoms with van der Waals surface area (Å²) in [5, 5.41) is 3.41. The molecule has 25 heavy (non-hydrogen) atoms. The number of carbonyl (C=O) groups is 1. The lowest BCUT2D eigenvalue weighted by Crippen LogP contribution is -2.24. The van der Waals surface area contributed by atoms with Crippen LogP contribution in [0, 0.1) is 0 Å². The van der Waals surface area contributed by atoms with E-state index in [9.17, 15) is 18.0 Å². The molecule has 134 valence electrons. The molecular weight excluding hydrogens is 355 g/mol. The molecule has 2 rings (SSSR count). The van der Waals surface area contributed by atoms with Gasteiger partial charge in [0.25, 0.3) is 0 Å². The molecule has 0 saturated carbocycles. The van der Waals surface area contributed by atoms with E-state index in [0.29, 0.717) is 17.1 Å². The zero-order valence-corrected chi connectivity index (χ0v) is 14.0. The number of nitrogens with one attached hydrogen (secondary N) is 1. The average Bonchev–Trinajstić information content (AvgIpc) is 2.55. The number of halogens is 4. The topological polar surface area (TPSA) is 38.3 Å². The molecule has 2 aromatic rings. The fraction of sp³-hybridized carbons (Fsp3) is 0.278. The Morgan fingerprint density at radius 1 is 0.960 bits per heavy atom. The lowest BCUT2D eigenvalue weighted by Gasteiger charge is -2.09. The highest BCUT2D eigenvalue weighted by Crippen LogP contribution is 2.16. The Balaban J connectivity index is 1.75. The molecule has 0 aromatic heterocycles. The van der Waals surface area contributed by atoms with Crippen molar-refractivity contribution in [2.75, 3.05) is 6.61 Å². The van der Waals surface area contributed by atoms with Crippen LogP contribution < -0.4 is 5.32 Å². The summed E-state index contributed by atoms with van der Waals surface area (Å²) in [6.45, 7) is -1.03. The normalized spacial score (nSPS) is 11.4. The van der Waals surface area contributed by atoms with Crippen molar-refractivity contribution in [1.29, 1.82) is 0 Å². The van der Waals surface area contributed by atoms with E-state index in [1.165, 1.54) is 0 Å². The summed E-state index contributed by atoms with van der Waals surface area (Å²) in [6.07, 6.45) is -4.07. The fourth-order valence-electron chi connectivity index (χ4n) is 2.09. The van der Waals surface area contributed by atoms with E-state index >= 15 is 0 Å². The van der Waals surface area contributed by atoms with E-state index in [0.717, 1.165) is 11.1 Å². The molecule has 2 aromatic carbocycles. The van der Waals surface area contributed by atoms with Gasteiger partial charge >= 0.3 is 6.18 Å². The predicted octanol–water partition coefficient (Wildman–Crippen LogP) is 4.28. The van der Waals surface area contributed by atoms with Crippen LogP contribution in [0.1, 0.15) is 16.7 Å². The molecule has 1 N–H and O–H groups in total. The zero-order chi connectivity index (χ0) is 18.3. The Hall–Kier alpha value is -2.05. The third kappa shape index (κ3) is 7.58. The highest BCUT2D eigenvalue weighted by Gasteiger charge is 2.27. The highest BCUT2D eigenvalue weighted by atomic mass is 35.5. The number of hydrogen-bond acceptors (Lipinski definition) is 2. The van der Waals surface area contributed by atoms with Gasteiger partial charge in [0.2, 0.25) is 5.91 Å². The minimum absolute atomic E-state index is 0.108. The number of rotatable bonds is 7. The van der Waals surface area contributed by atoms with Crippen LogP contribution in [-0.4, -0.2) is 18.7 Å². The van der Waals surface area contributed by atoms with Crippen molar-refractivity contribution >= 4 is 17.5 Å². The standard InChI is InChI=1S/C18H17ClF3NO2/c19-16-7-5-13(6-8-16)9-17(24)23-10-14-1-3-15(4-2-14)11-25-12-18(20,21)22/h1-8H,9-12H2,(H,23,24). The van der Waals surface area contributed by atoms with Gasteiger partial charge in [-0.1, -0.05) is 48.0 Å². The second-order valence-electron chi connectivity index (χ2n) is 5.50. The van der Waals surface area contributed by atoms with Gasteiger partial charge < -0.3 is 10.1 Å². The van der Waals surface area contributed by atoms with Crippen LogP contribution in [0.15, 0.2) is 48.5 Å². The molecule has 0 heterocycles. The molecular formula is C18H17ClF3NO2. The van der Waals surface area contributed by atoms with Gasteiger partial charge in [0.1, 0.15) is 6.61 Å². The predicted molar refractivity (Wildman–Crippen MR) is 89.2 cm³/mol. The first-order valence-electron chi connectivity index (χ1n) is 7.55. The van der Waals surface area contributed by atoms with E-state index in [2.05, 4.69) is 10.1 Å². The van der Waals surface area contributed by atoms with Gasteiger partial charge in [-0.05, 0) is 28.8 Å². The quantitative estimate of drug-likeness (QED) is 0.789. The molecule has 0 spiro atoms. The molecule has 0 bridgehead atoms. The number of benzene rings is 2. The summed E-state index contributed by atoms with van der Waals surface area (Å²) in [5.74, 6) is -0.125. The molecule has 7 heteroatoms. The van der Waals surface area contributed by atoms with Crippen LogP contribution in [0.5, 0.6) is 0 Å². The number of carbonyl (C=O) groups excluding carboxylic acids is 1.